The summed E-state index contributed by atoms with van der Waals surface area (Å²) >= 11 is 0. The molecule has 0 aliphatic carbocycles. The van der Waals surface area contributed by atoms with Gasteiger partial charge in [0.15, 0.2) is 5.96 Å². The minimum atomic E-state index is -4.36. The van der Waals surface area contributed by atoms with Crippen LogP contribution in [0.25, 0.3) is 0 Å². The van der Waals surface area contributed by atoms with Gasteiger partial charge in [0.05, 0.1) is 12.1 Å². The van der Waals surface area contributed by atoms with Crippen molar-refractivity contribution in [3.63, 3.8) is 0 Å². The van der Waals surface area contributed by atoms with E-state index in [1.807, 2.05) is 13.0 Å². The van der Waals surface area contributed by atoms with Crippen LogP contribution >= 0.6 is 24.0 Å². The Morgan fingerprint density at radius 2 is 1.74 bits per heavy atom. The second-order valence-electron chi connectivity index (χ2n) is 5.74. The number of hydrogen-bond donors (Lipinski definition) is 3. The Morgan fingerprint density at radius 3 is 2.41 bits per heavy atom. The Hall–Kier alpha value is -1.97. The van der Waals surface area contributed by atoms with Gasteiger partial charge in [0.1, 0.15) is 5.75 Å². The number of nitrogens with one attached hydrogen (secondary N) is 2. The van der Waals surface area contributed by atoms with Crippen molar-refractivity contribution in [3.05, 3.63) is 65.2 Å². The molecular formula is C19H23F3IN3O. The molecule has 0 bridgehead atoms. The largest absolute Gasteiger partial charge is 0.508 e. The van der Waals surface area contributed by atoms with E-state index in [-0.39, 0.29) is 36.3 Å². The number of hydrogen-bond acceptors (Lipinski definition) is 2. The van der Waals surface area contributed by atoms with Crippen LogP contribution in [0.4, 0.5) is 13.2 Å². The second kappa shape index (κ2) is 11.0. The molecule has 27 heavy (non-hydrogen) atoms. The maximum absolute atomic E-state index is 12.8. The first kappa shape index (κ1) is 23.1. The summed E-state index contributed by atoms with van der Waals surface area (Å²) in [5, 5.41) is 15.7. The molecule has 0 amide bonds. The Bertz CT molecular complexity index is 751. The highest BCUT2D eigenvalue weighted by Gasteiger charge is 2.30. The average molecular weight is 493 g/mol. The van der Waals surface area contributed by atoms with Gasteiger partial charge in [-0.1, -0.05) is 24.3 Å². The highest BCUT2D eigenvalue weighted by Crippen LogP contribution is 2.29. The molecular weight excluding hydrogens is 470 g/mol. The number of phenolic OH excluding ortho intramolecular Hbond substituents is 1. The molecule has 0 aliphatic heterocycles. The molecule has 0 aromatic heterocycles. The highest BCUT2D eigenvalue weighted by atomic mass is 127. The smallest absolute Gasteiger partial charge is 0.416 e. The molecule has 0 heterocycles. The van der Waals surface area contributed by atoms with Crippen molar-refractivity contribution in [2.75, 3.05) is 13.1 Å². The first-order valence-corrected chi connectivity index (χ1v) is 8.34. The molecule has 0 aliphatic rings. The van der Waals surface area contributed by atoms with Crippen molar-refractivity contribution in [2.45, 2.75) is 26.1 Å². The monoisotopic (exact) mass is 493 g/mol. The summed E-state index contributed by atoms with van der Waals surface area (Å²) in [5.41, 5.74) is 0.795. The standard InChI is InChI=1S/C19H22F3N3O.HI/c1-2-23-18(24-10-9-14-5-4-8-17(26)12-14)25-13-15-6-3-7-16(11-15)19(20,21)22;/h3-8,11-12,26H,2,9-10,13H2,1H3,(H2,23,24,25);1H. The maximum atomic E-state index is 12.8. The van der Waals surface area contributed by atoms with Gasteiger partial charge in [-0.3, -0.25) is 0 Å². The van der Waals surface area contributed by atoms with E-state index in [1.54, 1.807) is 24.3 Å². The lowest BCUT2D eigenvalue weighted by molar-refractivity contribution is -0.137. The lowest BCUT2D eigenvalue weighted by Crippen LogP contribution is -2.38. The number of aromatic hydroxyl groups is 1. The van der Waals surface area contributed by atoms with Crippen LogP contribution in [0.15, 0.2) is 53.5 Å². The van der Waals surface area contributed by atoms with E-state index >= 15 is 0 Å². The number of guanidine groups is 1. The molecule has 2 aromatic carbocycles. The van der Waals surface area contributed by atoms with Crippen LogP contribution < -0.4 is 10.6 Å². The number of aliphatic imine (C=N–C) groups is 1. The molecule has 0 fully saturated rings. The topological polar surface area (TPSA) is 56.7 Å². The number of rotatable bonds is 6. The molecule has 0 spiro atoms. The van der Waals surface area contributed by atoms with Crippen LogP contribution in [-0.2, 0) is 19.1 Å². The van der Waals surface area contributed by atoms with Crippen molar-refractivity contribution in [1.82, 2.24) is 10.6 Å². The van der Waals surface area contributed by atoms with Crippen LogP contribution in [0.1, 0.15) is 23.6 Å². The zero-order chi connectivity index (χ0) is 19.0. The third-order valence-electron chi connectivity index (χ3n) is 3.63. The quantitative estimate of drug-likeness (QED) is 0.319. The van der Waals surface area contributed by atoms with Crippen LogP contribution in [0, 0.1) is 0 Å². The van der Waals surface area contributed by atoms with E-state index in [0.717, 1.165) is 17.7 Å². The van der Waals surface area contributed by atoms with Gasteiger partial charge in [-0.15, -0.1) is 24.0 Å². The molecule has 4 nitrogen and oxygen atoms in total. The molecule has 3 N–H and O–H groups in total. The SMILES string of the molecule is CCNC(=NCc1cccc(C(F)(F)F)c1)NCCc1cccc(O)c1.I. The van der Waals surface area contributed by atoms with Gasteiger partial charge in [-0.25, -0.2) is 4.99 Å². The summed E-state index contributed by atoms with van der Waals surface area (Å²) in [5.74, 6) is 0.748. The summed E-state index contributed by atoms with van der Waals surface area (Å²) in [6.45, 7) is 3.28. The fraction of sp³-hybridized carbons (Fsp3) is 0.316. The van der Waals surface area contributed by atoms with Gasteiger partial charge in [0, 0.05) is 13.1 Å². The van der Waals surface area contributed by atoms with Crippen LogP contribution in [-0.4, -0.2) is 24.2 Å². The summed E-state index contributed by atoms with van der Waals surface area (Å²) < 4.78 is 38.3. The Kier molecular flexibility index (Phi) is 9.40. The second-order valence-corrected chi connectivity index (χ2v) is 5.74. The van der Waals surface area contributed by atoms with E-state index < -0.39 is 11.7 Å². The molecule has 0 atom stereocenters. The normalized spacial score (nSPS) is 11.6. The summed E-state index contributed by atoms with van der Waals surface area (Å²) in [7, 11) is 0. The van der Waals surface area contributed by atoms with E-state index in [0.29, 0.717) is 31.0 Å². The Labute approximate surface area is 173 Å². The van der Waals surface area contributed by atoms with Crippen molar-refractivity contribution in [2.24, 2.45) is 4.99 Å². The van der Waals surface area contributed by atoms with Crippen molar-refractivity contribution in [3.8, 4) is 5.75 Å². The lowest BCUT2D eigenvalue weighted by Gasteiger charge is -2.12. The molecule has 8 heteroatoms. The number of benzene rings is 2. The predicted octanol–water partition coefficient (Wildman–Crippen LogP) is 4.33. The Balaban J connectivity index is 0.00000364. The van der Waals surface area contributed by atoms with Crippen molar-refractivity contribution < 1.29 is 18.3 Å². The number of alkyl halides is 3. The molecule has 0 saturated carbocycles. The van der Waals surface area contributed by atoms with Crippen LogP contribution in [0.2, 0.25) is 0 Å². The van der Waals surface area contributed by atoms with Gasteiger partial charge in [-0.05, 0) is 48.7 Å². The van der Waals surface area contributed by atoms with E-state index in [4.69, 9.17) is 0 Å². The fourth-order valence-electron chi connectivity index (χ4n) is 2.40. The fourth-order valence-corrected chi connectivity index (χ4v) is 2.40. The summed E-state index contributed by atoms with van der Waals surface area (Å²) in [6.07, 6.45) is -3.67. The Morgan fingerprint density at radius 1 is 1.04 bits per heavy atom. The molecule has 0 saturated heterocycles. The minimum absolute atomic E-state index is 0. The van der Waals surface area contributed by atoms with E-state index in [1.165, 1.54) is 6.07 Å². The van der Waals surface area contributed by atoms with Gasteiger partial charge in [0.25, 0.3) is 0 Å². The van der Waals surface area contributed by atoms with Crippen LogP contribution in [0.5, 0.6) is 5.75 Å². The zero-order valence-electron chi connectivity index (χ0n) is 14.9. The summed E-state index contributed by atoms with van der Waals surface area (Å²) in [6, 6.07) is 12.1. The predicted molar refractivity (Wildman–Crippen MR) is 111 cm³/mol. The zero-order valence-corrected chi connectivity index (χ0v) is 17.2. The number of phenols is 1. The number of nitrogens with zero attached hydrogens (tertiary/aromatic N) is 1. The molecule has 2 rings (SSSR count). The molecule has 0 unspecified atom stereocenters. The van der Waals surface area contributed by atoms with Gasteiger partial charge in [0.2, 0.25) is 0 Å². The lowest BCUT2D eigenvalue weighted by atomic mass is 10.1. The van der Waals surface area contributed by atoms with Gasteiger partial charge >= 0.3 is 6.18 Å². The van der Waals surface area contributed by atoms with Crippen LogP contribution in [0.3, 0.4) is 0 Å². The highest BCUT2D eigenvalue weighted by molar-refractivity contribution is 14.0. The van der Waals surface area contributed by atoms with Crippen molar-refractivity contribution in [1.29, 1.82) is 0 Å². The minimum Gasteiger partial charge on any atom is -0.508 e. The molecule has 0 radical (unpaired) electrons. The summed E-state index contributed by atoms with van der Waals surface area (Å²) in [4.78, 5) is 4.33. The first-order chi connectivity index (χ1) is 12.4. The number of halogens is 4. The first-order valence-electron chi connectivity index (χ1n) is 8.34. The molecule has 2 aromatic rings. The average Bonchev–Trinajstić information content (AvgIpc) is 2.59. The van der Waals surface area contributed by atoms with E-state index in [9.17, 15) is 18.3 Å². The molecule has 148 valence electrons. The van der Waals surface area contributed by atoms with Gasteiger partial charge < -0.3 is 15.7 Å². The maximum Gasteiger partial charge on any atom is 0.416 e. The van der Waals surface area contributed by atoms with Gasteiger partial charge in [-0.2, -0.15) is 13.2 Å². The third kappa shape index (κ3) is 8.06. The third-order valence-corrected chi connectivity index (χ3v) is 3.63. The van der Waals surface area contributed by atoms with Crippen molar-refractivity contribution >= 4 is 29.9 Å². The van der Waals surface area contributed by atoms with E-state index in [2.05, 4.69) is 15.6 Å².